The Morgan fingerprint density at radius 3 is 1.52 bits per heavy atom. The third-order valence-electron chi connectivity index (χ3n) is 14.6. The van der Waals surface area contributed by atoms with Crippen molar-refractivity contribution in [3.63, 3.8) is 0 Å². The molecule has 2 saturated carbocycles. The van der Waals surface area contributed by atoms with E-state index in [-0.39, 0.29) is 46.8 Å². The van der Waals surface area contributed by atoms with Crippen LogP contribution in [0.5, 0.6) is 0 Å². The number of allylic oxidation sites excluding steroid dienone is 6. The zero-order chi connectivity index (χ0) is 39.5. The second-order valence-corrected chi connectivity index (χ2v) is 17.9. The van der Waals surface area contributed by atoms with Gasteiger partial charge in [-0.1, -0.05) is 141 Å². The molecule has 0 N–H and O–H groups in total. The number of benzene rings is 2. The van der Waals surface area contributed by atoms with E-state index in [0.29, 0.717) is 11.1 Å². The average molecular weight is 755 g/mol. The predicted octanol–water partition coefficient (Wildman–Crippen LogP) is 12.0. The fourth-order valence-corrected chi connectivity index (χ4v) is 12.1. The largest absolute Gasteiger partial charge is 0.294 e. The SMILES string of the molecule is CCCCCCc1ccc(CCCCCC)c([C@@H]2[C@@H]3C4=C(C(=O)C=CC4=O)[C@@]45C(=O)C=CC(=O)[C@]4([C@H]3c3cc(CCCCCC)ccc3CCCCCC)[C@@H]25)c1. The Morgan fingerprint density at radius 1 is 0.482 bits per heavy atom. The molecule has 56 heavy (non-hydrogen) atoms. The first kappa shape index (κ1) is 40.5. The summed E-state index contributed by atoms with van der Waals surface area (Å²) in [7, 11) is 0. The van der Waals surface area contributed by atoms with E-state index in [0.717, 1.165) is 76.2 Å². The molecule has 2 aromatic carbocycles. The molecule has 0 aromatic heterocycles. The quantitative estimate of drug-likeness (QED) is 0.0886. The van der Waals surface area contributed by atoms with Gasteiger partial charge in [-0.15, -0.1) is 0 Å². The second kappa shape index (κ2) is 17.5. The van der Waals surface area contributed by atoms with Crippen LogP contribution in [0, 0.1) is 22.7 Å². The van der Waals surface area contributed by atoms with Crippen molar-refractivity contribution in [2.75, 3.05) is 0 Å². The summed E-state index contributed by atoms with van der Waals surface area (Å²) in [5, 5.41) is 0. The van der Waals surface area contributed by atoms with Gasteiger partial charge in [0.25, 0.3) is 0 Å². The molecule has 6 aliphatic carbocycles. The number of carbonyl (C=O) groups excluding carboxylic acids is 4. The van der Waals surface area contributed by atoms with Gasteiger partial charge in [-0.05, 0) is 121 Å². The Balaban J connectivity index is 1.44. The maximum Gasteiger partial charge on any atom is 0.183 e. The number of aryl methyl sites for hydroxylation is 4. The molecule has 8 rings (SSSR count). The maximum absolute atomic E-state index is 15.1. The lowest BCUT2D eigenvalue weighted by molar-refractivity contribution is -0.131. The number of unbranched alkanes of at least 4 members (excludes halogenated alkanes) is 12. The van der Waals surface area contributed by atoms with E-state index in [9.17, 15) is 14.4 Å². The van der Waals surface area contributed by atoms with Crippen molar-refractivity contribution in [3.8, 4) is 0 Å². The summed E-state index contributed by atoms with van der Waals surface area (Å²) in [5.41, 5.74) is 6.00. The van der Waals surface area contributed by atoms with Crippen molar-refractivity contribution >= 4 is 23.1 Å². The van der Waals surface area contributed by atoms with E-state index in [1.54, 1.807) is 0 Å². The van der Waals surface area contributed by atoms with E-state index >= 15 is 4.79 Å². The number of hydrogen-bond donors (Lipinski definition) is 0. The first-order valence-electron chi connectivity index (χ1n) is 22.8. The van der Waals surface area contributed by atoms with Crippen LogP contribution in [0.1, 0.15) is 176 Å². The van der Waals surface area contributed by atoms with Crippen molar-refractivity contribution in [1.82, 2.24) is 0 Å². The highest BCUT2D eigenvalue weighted by molar-refractivity contribution is 6.30. The number of rotatable bonds is 22. The normalized spacial score (nSPS) is 27.0. The zero-order valence-electron chi connectivity index (χ0n) is 34.9. The lowest BCUT2D eigenvalue weighted by Crippen LogP contribution is -2.49. The van der Waals surface area contributed by atoms with Crippen molar-refractivity contribution in [3.05, 3.63) is 105 Å². The third-order valence-corrected chi connectivity index (χ3v) is 14.6. The fourth-order valence-electron chi connectivity index (χ4n) is 12.1. The highest BCUT2D eigenvalue weighted by Gasteiger charge is 2.96. The third kappa shape index (κ3) is 6.69. The average Bonchev–Trinajstić information content (AvgIpc) is 3.77. The Morgan fingerprint density at radius 2 is 0.964 bits per heavy atom. The molecule has 0 amide bonds. The van der Waals surface area contributed by atoms with Crippen LogP contribution < -0.4 is 0 Å². The molecule has 2 spiro atoms. The van der Waals surface area contributed by atoms with Gasteiger partial charge in [0.1, 0.15) is 0 Å². The lowest BCUT2D eigenvalue weighted by Gasteiger charge is -2.47. The molecular weight excluding hydrogens is 689 g/mol. The van der Waals surface area contributed by atoms with Crippen LogP contribution in [-0.4, -0.2) is 23.1 Å². The summed E-state index contributed by atoms with van der Waals surface area (Å²) in [6.45, 7) is 8.96. The molecular formula is C52H66O4. The van der Waals surface area contributed by atoms with Crippen molar-refractivity contribution in [2.45, 2.75) is 168 Å². The summed E-state index contributed by atoms with van der Waals surface area (Å²) in [6, 6.07) is 14.0. The number of ketones is 4. The summed E-state index contributed by atoms with van der Waals surface area (Å²) in [6.07, 6.45) is 28.1. The van der Waals surface area contributed by atoms with Gasteiger partial charge in [-0.2, -0.15) is 0 Å². The highest BCUT2D eigenvalue weighted by Crippen LogP contribution is 2.93. The summed E-state index contributed by atoms with van der Waals surface area (Å²) in [5.74, 6) is -1.83. The van der Waals surface area contributed by atoms with Crippen LogP contribution in [0.25, 0.3) is 0 Å². The minimum Gasteiger partial charge on any atom is -0.294 e. The Kier molecular flexibility index (Phi) is 12.6. The standard InChI is InChI=1S/C52H66O4/c1-5-9-13-17-21-35-25-27-37(23-19-15-11-7-3)39(33-35)45-47-46-41(53)29-30-42(54)49(46)52-44(56)32-31-43(55)51(52,50(45)52)48(47)40-34-36(22-18-14-10-6-2)26-28-38(40)24-20-16-12-8-4/h25-34,45,47-48,50H,5-24H2,1-4H3/t45-,47-,48+,50-,51+,52-/m1/s1. The van der Waals surface area contributed by atoms with Gasteiger partial charge in [-0.25, -0.2) is 0 Å². The van der Waals surface area contributed by atoms with Gasteiger partial charge in [0.2, 0.25) is 0 Å². The van der Waals surface area contributed by atoms with Gasteiger partial charge in [0.15, 0.2) is 23.1 Å². The van der Waals surface area contributed by atoms with Crippen molar-refractivity contribution < 1.29 is 19.2 Å². The highest BCUT2D eigenvalue weighted by atomic mass is 16.2. The van der Waals surface area contributed by atoms with Gasteiger partial charge in [0.05, 0.1) is 10.8 Å². The van der Waals surface area contributed by atoms with Crippen molar-refractivity contribution in [1.29, 1.82) is 0 Å². The topological polar surface area (TPSA) is 68.3 Å². The molecule has 298 valence electrons. The van der Waals surface area contributed by atoms with Crippen LogP contribution >= 0.6 is 0 Å². The molecule has 2 aromatic rings. The predicted molar refractivity (Wildman–Crippen MR) is 227 cm³/mol. The lowest BCUT2D eigenvalue weighted by atomic mass is 9.52. The monoisotopic (exact) mass is 754 g/mol. The molecule has 4 bridgehead atoms. The maximum atomic E-state index is 15.1. The first-order valence-corrected chi connectivity index (χ1v) is 22.8. The van der Waals surface area contributed by atoms with Crippen molar-refractivity contribution in [2.24, 2.45) is 22.7 Å². The molecule has 0 aliphatic heterocycles. The Labute approximate surface area is 337 Å². The van der Waals surface area contributed by atoms with E-state index in [4.69, 9.17) is 0 Å². The molecule has 0 saturated heterocycles. The Bertz CT molecular complexity index is 1920. The van der Waals surface area contributed by atoms with E-state index < -0.39 is 10.8 Å². The van der Waals surface area contributed by atoms with E-state index in [1.165, 1.54) is 110 Å². The molecule has 0 unspecified atom stereocenters. The summed E-state index contributed by atoms with van der Waals surface area (Å²) in [4.78, 5) is 58.6. The van der Waals surface area contributed by atoms with E-state index in [2.05, 4.69) is 64.1 Å². The van der Waals surface area contributed by atoms with Crippen LogP contribution in [0.3, 0.4) is 0 Å². The minimum absolute atomic E-state index is 0.0218. The molecule has 0 radical (unpaired) electrons. The number of carbonyl (C=O) groups is 4. The van der Waals surface area contributed by atoms with Gasteiger partial charge < -0.3 is 0 Å². The Hall–Kier alpha value is -3.66. The number of hydrogen-bond acceptors (Lipinski definition) is 4. The van der Waals surface area contributed by atoms with Crippen LogP contribution in [0.4, 0.5) is 0 Å². The first-order chi connectivity index (χ1) is 27.3. The van der Waals surface area contributed by atoms with Crippen LogP contribution in [0.2, 0.25) is 0 Å². The van der Waals surface area contributed by atoms with Crippen LogP contribution in [0.15, 0.2) is 71.8 Å². The van der Waals surface area contributed by atoms with Gasteiger partial charge >= 0.3 is 0 Å². The van der Waals surface area contributed by atoms with Gasteiger partial charge in [0, 0.05) is 23.0 Å². The second-order valence-electron chi connectivity index (χ2n) is 17.9. The van der Waals surface area contributed by atoms with Gasteiger partial charge in [-0.3, -0.25) is 19.2 Å². The van der Waals surface area contributed by atoms with Crippen LogP contribution in [-0.2, 0) is 44.9 Å². The fraction of sp³-hybridized carbons (Fsp3) is 0.577. The summed E-state index contributed by atoms with van der Waals surface area (Å²) >= 11 is 0. The minimum atomic E-state index is -1.30. The molecule has 4 nitrogen and oxygen atoms in total. The molecule has 0 heterocycles. The molecule has 2 fully saturated rings. The smallest absolute Gasteiger partial charge is 0.183 e. The molecule has 6 atom stereocenters. The zero-order valence-corrected chi connectivity index (χ0v) is 34.9. The summed E-state index contributed by atoms with van der Waals surface area (Å²) < 4.78 is 0. The van der Waals surface area contributed by atoms with E-state index in [1.807, 2.05) is 0 Å². The molecule has 4 heteroatoms. The molecule has 6 aliphatic rings.